The summed E-state index contributed by atoms with van der Waals surface area (Å²) in [5.41, 5.74) is -1.86. The number of fused-ring (bicyclic) bond motifs is 1. The highest BCUT2D eigenvalue weighted by Gasteiger charge is 2.46. The summed E-state index contributed by atoms with van der Waals surface area (Å²) in [6.07, 6.45) is -13.3. The highest BCUT2D eigenvalue weighted by Crippen LogP contribution is 2.50. The van der Waals surface area contributed by atoms with Gasteiger partial charge in [0.2, 0.25) is 0 Å². The Labute approximate surface area is 213 Å². The molecule has 0 bridgehead atoms. The lowest BCUT2D eigenvalue weighted by atomic mass is 9.87. The van der Waals surface area contributed by atoms with E-state index in [-0.39, 0.29) is 11.5 Å². The van der Waals surface area contributed by atoms with E-state index in [9.17, 15) is 50.8 Å². The Morgan fingerprint density at radius 1 is 0.684 bits per heavy atom. The molecule has 8 atom stereocenters. The minimum atomic E-state index is -1.85. The van der Waals surface area contributed by atoms with Crippen LogP contribution in [0.25, 0.3) is 22.3 Å². The highest BCUT2D eigenvalue weighted by atomic mass is 16.5. The molecule has 0 unspecified atom stereocenters. The molecule has 2 fully saturated rings. The number of aromatic hydroxyl groups is 3. The Balaban J connectivity index is 1.80. The highest BCUT2D eigenvalue weighted by molar-refractivity contribution is 5.91. The van der Waals surface area contributed by atoms with Crippen LogP contribution in [0.3, 0.4) is 0 Å². The minimum Gasteiger partial charge on any atom is -0.508 e. The van der Waals surface area contributed by atoms with E-state index in [0.717, 1.165) is 6.07 Å². The number of rotatable bonds is 3. The van der Waals surface area contributed by atoms with Gasteiger partial charge in [-0.15, -0.1) is 0 Å². The maximum Gasteiger partial charge on any atom is 0.197 e. The molecule has 0 aliphatic carbocycles. The zero-order valence-electron chi connectivity index (χ0n) is 19.6. The van der Waals surface area contributed by atoms with Gasteiger partial charge in [-0.25, -0.2) is 0 Å². The predicted octanol–water partition coefficient (Wildman–Crippen LogP) is -1.12. The molecule has 2 aliphatic heterocycles. The molecule has 2 aliphatic rings. The van der Waals surface area contributed by atoms with Crippen LogP contribution in [-0.2, 0) is 9.47 Å². The Hall–Kier alpha value is -3.27. The molecule has 2 saturated heterocycles. The van der Waals surface area contributed by atoms with E-state index in [1.165, 1.54) is 24.3 Å². The number of hydrogen-bond acceptors (Lipinski definition) is 13. The summed E-state index contributed by atoms with van der Waals surface area (Å²) >= 11 is 0. The van der Waals surface area contributed by atoms with Crippen molar-refractivity contribution in [1.29, 1.82) is 0 Å². The fourth-order valence-corrected chi connectivity index (χ4v) is 4.83. The Morgan fingerprint density at radius 2 is 1.21 bits per heavy atom. The Kier molecular flexibility index (Phi) is 6.79. The van der Waals surface area contributed by atoms with Gasteiger partial charge in [-0.05, 0) is 24.3 Å². The molecule has 0 amide bonds. The summed E-state index contributed by atoms with van der Waals surface area (Å²) in [5.74, 6) is -1.80. The summed E-state index contributed by atoms with van der Waals surface area (Å²) in [6, 6.07) is 6.60. The van der Waals surface area contributed by atoms with E-state index in [0.29, 0.717) is 5.56 Å². The van der Waals surface area contributed by atoms with Gasteiger partial charge in [0.1, 0.15) is 77.2 Å². The molecule has 0 saturated carbocycles. The van der Waals surface area contributed by atoms with Crippen molar-refractivity contribution in [3.8, 4) is 28.6 Å². The molecule has 204 valence electrons. The standard InChI is InChI=1S/C25H26O13/c26-9-3-1-8(2-4-9)13-5-10(27)14-19(32)15(24-21(34)17(30)11(28)6-36-24)20(33)16(23(14)38-13)25-22(35)18(31)12(29)7-37-25/h1-5,11-12,17-18,21-22,24-26,28-35H,6-7H2/t11-,12+,17-,18-,21+,22+,24-,25-/m0/s1. The van der Waals surface area contributed by atoms with Crippen molar-refractivity contribution in [2.45, 2.75) is 48.8 Å². The van der Waals surface area contributed by atoms with E-state index < -0.39 is 101 Å². The van der Waals surface area contributed by atoms with E-state index in [1.54, 1.807) is 0 Å². The summed E-state index contributed by atoms with van der Waals surface area (Å²) in [5, 5.41) is 93.1. The molecule has 13 nitrogen and oxygen atoms in total. The van der Waals surface area contributed by atoms with E-state index in [1.807, 2.05) is 0 Å². The number of hydrogen-bond donors (Lipinski definition) is 9. The third-order valence-corrected chi connectivity index (χ3v) is 6.92. The predicted molar refractivity (Wildman–Crippen MR) is 126 cm³/mol. The van der Waals surface area contributed by atoms with Crippen molar-refractivity contribution < 1.29 is 59.8 Å². The van der Waals surface area contributed by atoms with Gasteiger partial charge in [0.15, 0.2) is 11.0 Å². The largest absolute Gasteiger partial charge is 0.508 e. The van der Waals surface area contributed by atoms with Crippen molar-refractivity contribution in [3.05, 3.63) is 51.7 Å². The van der Waals surface area contributed by atoms with Crippen molar-refractivity contribution >= 4 is 11.0 Å². The second kappa shape index (κ2) is 9.80. The number of phenolic OH excluding ortho intramolecular Hbond substituents is 3. The quantitative estimate of drug-likeness (QED) is 0.194. The second-order valence-corrected chi connectivity index (χ2v) is 9.36. The van der Waals surface area contributed by atoms with Gasteiger partial charge in [-0.3, -0.25) is 4.79 Å². The molecular formula is C25H26O13. The van der Waals surface area contributed by atoms with Gasteiger partial charge in [0.05, 0.1) is 24.3 Å². The topological polar surface area (TPSA) is 231 Å². The number of aliphatic hydroxyl groups is 6. The lowest BCUT2D eigenvalue weighted by molar-refractivity contribution is -0.191. The molecule has 2 aromatic carbocycles. The summed E-state index contributed by atoms with van der Waals surface area (Å²) < 4.78 is 16.8. The number of benzene rings is 2. The molecule has 3 heterocycles. The van der Waals surface area contributed by atoms with Gasteiger partial charge >= 0.3 is 0 Å². The monoisotopic (exact) mass is 534 g/mol. The smallest absolute Gasteiger partial charge is 0.197 e. The molecule has 13 heteroatoms. The molecule has 5 rings (SSSR count). The van der Waals surface area contributed by atoms with Crippen LogP contribution in [0.1, 0.15) is 23.3 Å². The molecule has 0 radical (unpaired) electrons. The van der Waals surface area contributed by atoms with Gasteiger partial charge in [-0.1, -0.05) is 0 Å². The number of ether oxygens (including phenoxy) is 2. The first kappa shape index (κ1) is 26.3. The van der Waals surface area contributed by atoms with Crippen molar-refractivity contribution in [1.82, 2.24) is 0 Å². The zero-order chi connectivity index (χ0) is 27.5. The zero-order valence-corrected chi connectivity index (χ0v) is 19.6. The molecule has 0 spiro atoms. The summed E-state index contributed by atoms with van der Waals surface area (Å²) in [7, 11) is 0. The Bertz CT molecular complexity index is 1400. The van der Waals surface area contributed by atoms with Gasteiger partial charge in [-0.2, -0.15) is 0 Å². The average Bonchev–Trinajstić information content (AvgIpc) is 2.88. The third-order valence-electron chi connectivity index (χ3n) is 6.92. The van der Waals surface area contributed by atoms with Crippen molar-refractivity contribution in [2.24, 2.45) is 0 Å². The Morgan fingerprint density at radius 3 is 1.76 bits per heavy atom. The lowest BCUT2D eigenvalue weighted by Gasteiger charge is -2.38. The van der Waals surface area contributed by atoms with Crippen LogP contribution in [0.15, 0.2) is 39.5 Å². The summed E-state index contributed by atoms with van der Waals surface area (Å²) in [4.78, 5) is 13.3. The van der Waals surface area contributed by atoms with Gasteiger partial charge < -0.3 is 59.8 Å². The third kappa shape index (κ3) is 4.19. The van der Waals surface area contributed by atoms with E-state index in [4.69, 9.17) is 13.9 Å². The first-order valence-corrected chi connectivity index (χ1v) is 11.7. The van der Waals surface area contributed by atoms with Crippen LogP contribution in [0.5, 0.6) is 17.2 Å². The van der Waals surface area contributed by atoms with Crippen LogP contribution in [0, 0.1) is 0 Å². The van der Waals surface area contributed by atoms with Crippen LogP contribution in [-0.4, -0.2) is 95.8 Å². The fraction of sp³-hybridized carbons (Fsp3) is 0.400. The van der Waals surface area contributed by atoms with Crippen molar-refractivity contribution in [2.75, 3.05) is 13.2 Å². The average molecular weight is 534 g/mol. The lowest BCUT2D eigenvalue weighted by Crippen LogP contribution is -2.49. The van der Waals surface area contributed by atoms with Gasteiger partial charge in [0, 0.05) is 11.6 Å². The number of phenols is 3. The van der Waals surface area contributed by atoms with E-state index in [2.05, 4.69) is 0 Å². The summed E-state index contributed by atoms with van der Waals surface area (Å²) in [6.45, 7) is -0.966. The van der Waals surface area contributed by atoms with Crippen LogP contribution in [0.2, 0.25) is 0 Å². The normalized spacial score (nSPS) is 31.9. The molecule has 38 heavy (non-hydrogen) atoms. The van der Waals surface area contributed by atoms with Crippen molar-refractivity contribution in [3.63, 3.8) is 0 Å². The minimum absolute atomic E-state index is 0.0475. The van der Waals surface area contributed by atoms with Crippen LogP contribution >= 0.6 is 0 Å². The first-order valence-electron chi connectivity index (χ1n) is 11.7. The van der Waals surface area contributed by atoms with Gasteiger partial charge in [0.25, 0.3) is 0 Å². The van der Waals surface area contributed by atoms with Crippen LogP contribution < -0.4 is 5.43 Å². The SMILES string of the molecule is O=c1cc(-c2ccc(O)cc2)oc2c([C@@H]3OC[C@@H](O)[C@H](O)[C@H]3O)c(O)c([C@@H]3OC[C@H](O)[C@H](O)[C@H]3O)c(O)c12. The first-order chi connectivity index (χ1) is 18.0. The van der Waals surface area contributed by atoms with Crippen LogP contribution in [0.4, 0.5) is 0 Å². The molecule has 9 N–H and O–H groups in total. The fourth-order valence-electron chi connectivity index (χ4n) is 4.83. The number of aliphatic hydroxyl groups excluding tert-OH is 6. The second-order valence-electron chi connectivity index (χ2n) is 9.36. The maximum absolute atomic E-state index is 13.3. The molecule has 1 aromatic heterocycles. The molecule has 3 aromatic rings. The maximum atomic E-state index is 13.3. The molecular weight excluding hydrogens is 508 g/mol. The van der Waals surface area contributed by atoms with E-state index >= 15 is 0 Å².